The van der Waals surface area contributed by atoms with Gasteiger partial charge in [0.05, 0.1) is 0 Å². The molecule has 0 amide bonds. The van der Waals surface area contributed by atoms with Crippen molar-refractivity contribution in [3.8, 4) is 0 Å². The number of unbranched alkanes of at least 4 members (excludes halogenated alkanes) is 19. The number of hydrogen-bond donors (Lipinski definition) is 2. The maximum atomic E-state index is 10.8. The third-order valence-electron chi connectivity index (χ3n) is 8.54. The van der Waals surface area contributed by atoms with E-state index in [1.54, 1.807) is 0 Å². The molecule has 0 bridgehead atoms. The summed E-state index contributed by atoms with van der Waals surface area (Å²) in [6.45, 7) is 4.56. The molecule has 0 heterocycles. The van der Waals surface area contributed by atoms with Gasteiger partial charge >= 0.3 is 11.9 Å². The Balaban J connectivity index is 4.88. The van der Waals surface area contributed by atoms with Crippen LogP contribution in [0, 0.1) is 11.8 Å². The van der Waals surface area contributed by atoms with Crippen molar-refractivity contribution in [1.29, 1.82) is 0 Å². The topological polar surface area (TPSA) is 74.6 Å². The maximum absolute atomic E-state index is 10.8. The summed E-state index contributed by atoms with van der Waals surface area (Å²) < 4.78 is 0. The van der Waals surface area contributed by atoms with E-state index in [1.807, 2.05) is 0 Å². The van der Waals surface area contributed by atoms with Crippen LogP contribution in [0.1, 0.15) is 194 Å². The molecule has 0 aliphatic rings. The fourth-order valence-corrected chi connectivity index (χ4v) is 5.96. The van der Waals surface area contributed by atoms with E-state index in [9.17, 15) is 9.59 Å². The minimum atomic E-state index is -0.671. The maximum Gasteiger partial charge on any atom is 0.303 e. The summed E-state index contributed by atoms with van der Waals surface area (Å²) in [4.78, 5) is 21.6. The van der Waals surface area contributed by atoms with Crippen LogP contribution in [0.15, 0.2) is 12.2 Å². The van der Waals surface area contributed by atoms with E-state index in [0.717, 1.165) is 44.4 Å². The first-order valence-corrected chi connectivity index (χ1v) is 17.6. The van der Waals surface area contributed by atoms with Crippen LogP contribution in [0.2, 0.25) is 0 Å². The molecular formula is C36H68O4. The van der Waals surface area contributed by atoms with Crippen LogP contribution >= 0.6 is 0 Å². The van der Waals surface area contributed by atoms with Crippen LogP contribution in [0.25, 0.3) is 0 Å². The zero-order valence-electron chi connectivity index (χ0n) is 26.8. The van der Waals surface area contributed by atoms with Crippen LogP contribution in [0.5, 0.6) is 0 Å². The first-order valence-electron chi connectivity index (χ1n) is 17.6. The van der Waals surface area contributed by atoms with Crippen molar-refractivity contribution in [2.45, 2.75) is 194 Å². The summed E-state index contributed by atoms with van der Waals surface area (Å²) in [5.41, 5.74) is 0. The summed E-state index contributed by atoms with van der Waals surface area (Å²) in [6, 6.07) is 0. The van der Waals surface area contributed by atoms with E-state index in [2.05, 4.69) is 26.0 Å². The molecule has 0 aromatic rings. The summed E-state index contributed by atoms with van der Waals surface area (Å²) in [6.07, 6.45) is 38.0. The second-order valence-electron chi connectivity index (χ2n) is 12.4. The molecule has 2 N–H and O–H groups in total. The summed E-state index contributed by atoms with van der Waals surface area (Å²) in [7, 11) is 0. The zero-order chi connectivity index (χ0) is 29.5. The Morgan fingerprint density at radius 3 is 1.32 bits per heavy atom. The smallest absolute Gasteiger partial charge is 0.303 e. The number of carboxylic acids is 2. The SMILES string of the molecule is CCCCCCCC=CC(CCCCCCCC(=O)O)C(CCCCCCCCC)CCCCCCCC(=O)O. The standard InChI is InChI=1S/C36H68O4/c1-3-5-7-9-11-15-21-27-33(29-23-17-13-19-25-31-35(37)38)34(28-22-16-12-10-8-6-4-2)30-24-18-14-20-26-32-36(39)40/h21,27,33-34H,3-20,22-26,28-32H2,1-2H3,(H,37,38)(H,39,40). The van der Waals surface area contributed by atoms with Crippen LogP contribution < -0.4 is 0 Å². The molecule has 0 spiro atoms. The van der Waals surface area contributed by atoms with Gasteiger partial charge in [0, 0.05) is 12.8 Å². The van der Waals surface area contributed by atoms with Crippen molar-refractivity contribution >= 4 is 11.9 Å². The lowest BCUT2D eigenvalue weighted by molar-refractivity contribution is -0.138. The second kappa shape index (κ2) is 30.6. The Kier molecular flexibility index (Phi) is 29.6. The van der Waals surface area contributed by atoms with Crippen molar-refractivity contribution in [2.24, 2.45) is 11.8 Å². The molecule has 0 aromatic carbocycles. The minimum Gasteiger partial charge on any atom is -0.481 e. The molecule has 0 aromatic heterocycles. The highest BCUT2D eigenvalue weighted by atomic mass is 16.4. The van der Waals surface area contributed by atoms with Gasteiger partial charge in [-0.1, -0.05) is 148 Å². The largest absolute Gasteiger partial charge is 0.481 e. The van der Waals surface area contributed by atoms with Gasteiger partial charge in [0.15, 0.2) is 0 Å². The van der Waals surface area contributed by atoms with E-state index in [4.69, 9.17) is 10.2 Å². The zero-order valence-corrected chi connectivity index (χ0v) is 26.8. The Morgan fingerprint density at radius 1 is 0.500 bits per heavy atom. The second-order valence-corrected chi connectivity index (χ2v) is 12.4. The molecule has 0 radical (unpaired) electrons. The van der Waals surface area contributed by atoms with Gasteiger partial charge in [-0.2, -0.15) is 0 Å². The van der Waals surface area contributed by atoms with Crippen molar-refractivity contribution < 1.29 is 19.8 Å². The molecule has 0 saturated carbocycles. The van der Waals surface area contributed by atoms with Gasteiger partial charge in [-0.15, -0.1) is 0 Å². The first kappa shape index (κ1) is 38.7. The lowest BCUT2D eigenvalue weighted by atomic mass is 9.80. The molecule has 2 unspecified atom stereocenters. The van der Waals surface area contributed by atoms with Crippen molar-refractivity contribution in [2.75, 3.05) is 0 Å². The van der Waals surface area contributed by atoms with Gasteiger partial charge in [0.1, 0.15) is 0 Å². The van der Waals surface area contributed by atoms with E-state index >= 15 is 0 Å². The summed E-state index contributed by atoms with van der Waals surface area (Å²) in [5.74, 6) is 0.0893. The lowest BCUT2D eigenvalue weighted by Crippen LogP contribution is -2.14. The van der Waals surface area contributed by atoms with E-state index in [0.29, 0.717) is 18.8 Å². The summed E-state index contributed by atoms with van der Waals surface area (Å²) in [5, 5.41) is 17.8. The molecule has 236 valence electrons. The fourth-order valence-electron chi connectivity index (χ4n) is 5.96. The summed E-state index contributed by atoms with van der Waals surface area (Å²) >= 11 is 0. The lowest BCUT2D eigenvalue weighted by Gasteiger charge is -2.26. The van der Waals surface area contributed by atoms with E-state index in [1.165, 1.54) is 128 Å². The molecule has 40 heavy (non-hydrogen) atoms. The average molecular weight is 565 g/mol. The quantitative estimate of drug-likeness (QED) is 0.0629. The molecule has 4 nitrogen and oxygen atoms in total. The number of rotatable bonds is 32. The molecule has 4 heteroatoms. The van der Waals surface area contributed by atoms with Crippen LogP contribution in [0.3, 0.4) is 0 Å². The van der Waals surface area contributed by atoms with Crippen molar-refractivity contribution in [3.63, 3.8) is 0 Å². The normalized spacial score (nSPS) is 13.2. The van der Waals surface area contributed by atoms with Gasteiger partial charge in [0.2, 0.25) is 0 Å². The highest BCUT2D eigenvalue weighted by Gasteiger charge is 2.18. The van der Waals surface area contributed by atoms with Gasteiger partial charge in [-0.3, -0.25) is 9.59 Å². The molecule has 0 aliphatic carbocycles. The molecule has 0 rings (SSSR count). The minimum absolute atomic E-state index is 0.306. The first-order chi connectivity index (χ1) is 19.5. The Bertz CT molecular complexity index is 585. The van der Waals surface area contributed by atoms with E-state index < -0.39 is 11.9 Å². The predicted molar refractivity (Wildman–Crippen MR) is 172 cm³/mol. The highest BCUT2D eigenvalue weighted by molar-refractivity contribution is 5.66. The number of aliphatic carboxylic acids is 2. The Labute approximate surface area is 249 Å². The van der Waals surface area contributed by atoms with E-state index in [-0.39, 0.29) is 0 Å². The van der Waals surface area contributed by atoms with Gasteiger partial charge in [0.25, 0.3) is 0 Å². The number of allylic oxidation sites excluding steroid dienone is 2. The van der Waals surface area contributed by atoms with Crippen LogP contribution in [0.4, 0.5) is 0 Å². The van der Waals surface area contributed by atoms with Crippen molar-refractivity contribution in [1.82, 2.24) is 0 Å². The molecule has 2 atom stereocenters. The van der Waals surface area contributed by atoms with Gasteiger partial charge in [-0.25, -0.2) is 0 Å². The molecule has 0 saturated heterocycles. The molecule has 0 fully saturated rings. The van der Waals surface area contributed by atoms with Crippen LogP contribution in [-0.4, -0.2) is 22.2 Å². The van der Waals surface area contributed by atoms with Gasteiger partial charge in [-0.05, 0) is 56.8 Å². The Hall–Kier alpha value is -1.32. The van der Waals surface area contributed by atoms with Crippen LogP contribution in [-0.2, 0) is 9.59 Å². The fraction of sp³-hybridized carbons (Fsp3) is 0.889. The highest BCUT2D eigenvalue weighted by Crippen LogP contribution is 2.31. The number of carboxylic acid groups (broad SMARTS) is 2. The monoisotopic (exact) mass is 565 g/mol. The Morgan fingerprint density at radius 2 is 0.875 bits per heavy atom. The molecular weight excluding hydrogens is 496 g/mol. The average Bonchev–Trinajstić information content (AvgIpc) is 2.92. The predicted octanol–water partition coefficient (Wildman–Crippen LogP) is 11.9. The molecule has 0 aliphatic heterocycles. The third-order valence-corrected chi connectivity index (χ3v) is 8.54. The van der Waals surface area contributed by atoms with Gasteiger partial charge < -0.3 is 10.2 Å². The third kappa shape index (κ3) is 28.2. The van der Waals surface area contributed by atoms with Crippen molar-refractivity contribution in [3.05, 3.63) is 12.2 Å². The number of hydrogen-bond acceptors (Lipinski definition) is 2. The number of carbonyl (C=O) groups is 2.